The van der Waals surface area contributed by atoms with Gasteiger partial charge in [0.05, 0.1) is 5.71 Å². The van der Waals surface area contributed by atoms with E-state index in [9.17, 15) is 24.6 Å². The Balaban J connectivity index is 1.42. The maximum Gasteiger partial charge on any atom is 0.326 e. The minimum absolute atomic E-state index is 0.0730. The zero-order valence-electron chi connectivity index (χ0n) is 22.3. The van der Waals surface area contributed by atoms with Gasteiger partial charge in [-0.1, -0.05) is 38.4 Å². The molecule has 0 aromatic carbocycles. The maximum absolute atomic E-state index is 12.4. The molecule has 0 saturated heterocycles. The van der Waals surface area contributed by atoms with Crippen LogP contribution >= 0.6 is 0 Å². The van der Waals surface area contributed by atoms with Crippen LogP contribution in [0.4, 0.5) is 0 Å². The number of aliphatic hydroxyl groups is 1. The van der Waals surface area contributed by atoms with Crippen LogP contribution in [0.5, 0.6) is 0 Å². The number of carbonyl (C=O) groups is 3. The minimum Gasteiger partial charge on any atom is -0.480 e. The molecular formula is C28H42N2O6. The number of carboxylic acids is 1. The van der Waals surface area contributed by atoms with Gasteiger partial charge in [0, 0.05) is 5.41 Å². The average Bonchev–Trinajstić information content (AvgIpc) is 3.09. The molecule has 0 aliphatic heterocycles. The maximum atomic E-state index is 12.4. The Hall–Kier alpha value is -2.22. The summed E-state index contributed by atoms with van der Waals surface area (Å²) in [5.41, 5.74) is 0.761. The van der Waals surface area contributed by atoms with E-state index in [4.69, 9.17) is 4.84 Å². The molecule has 4 rings (SSSR count). The summed E-state index contributed by atoms with van der Waals surface area (Å²) >= 11 is 0. The third kappa shape index (κ3) is 4.29. The molecule has 4 unspecified atom stereocenters. The average molecular weight is 503 g/mol. The molecule has 1 amide bonds. The first-order valence-corrected chi connectivity index (χ1v) is 13.5. The molecular weight excluding hydrogens is 460 g/mol. The Bertz CT molecular complexity index is 989. The summed E-state index contributed by atoms with van der Waals surface area (Å²) in [5.74, 6) is -0.455. The number of aliphatic carboxylic acids is 1. The number of carbonyl (C=O) groups excluding carboxylic acids is 2. The lowest BCUT2D eigenvalue weighted by atomic mass is 9.46. The van der Waals surface area contributed by atoms with Gasteiger partial charge in [0.2, 0.25) is 0 Å². The van der Waals surface area contributed by atoms with Crippen molar-refractivity contribution in [3.8, 4) is 0 Å². The molecule has 0 spiro atoms. The Morgan fingerprint density at radius 2 is 1.81 bits per heavy atom. The molecule has 3 N–H and O–H groups in total. The third-order valence-corrected chi connectivity index (χ3v) is 10.3. The molecule has 36 heavy (non-hydrogen) atoms. The molecule has 0 aromatic rings. The second kappa shape index (κ2) is 9.58. The second-order valence-electron chi connectivity index (χ2n) is 12.4. The predicted octanol–water partition coefficient (Wildman–Crippen LogP) is 3.87. The SMILES string of the molecule is CC(=O)[C@@]1(O)CCC2C3CCC4=C/C(=N/OCC(=O)NC(C(=O)O)C(C)C)CC[C@]4(C)C3CC[C@@]21C. The summed E-state index contributed by atoms with van der Waals surface area (Å²) in [6.07, 6.45) is 9.29. The summed E-state index contributed by atoms with van der Waals surface area (Å²) in [7, 11) is 0. The number of nitrogens with one attached hydrogen (secondary N) is 1. The summed E-state index contributed by atoms with van der Waals surface area (Å²) in [6.45, 7) is 9.23. The topological polar surface area (TPSA) is 125 Å². The molecule has 200 valence electrons. The van der Waals surface area contributed by atoms with Gasteiger partial charge in [-0.05, 0) is 93.5 Å². The quantitative estimate of drug-likeness (QED) is 0.454. The van der Waals surface area contributed by atoms with E-state index in [1.54, 1.807) is 20.8 Å². The molecule has 4 aliphatic carbocycles. The van der Waals surface area contributed by atoms with E-state index < -0.39 is 23.5 Å². The molecule has 0 radical (unpaired) electrons. The third-order valence-electron chi connectivity index (χ3n) is 10.3. The Labute approximate surface area is 213 Å². The summed E-state index contributed by atoms with van der Waals surface area (Å²) < 4.78 is 0. The summed E-state index contributed by atoms with van der Waals surface area (Å²) in [4.78, 5) is 41.1. The van der Waals surface area contributed by atoms with E-state index in [0.717, 1.165) is 50.7 Å². The number of Topliss-reactive ketones (excluding diaryl/α,β-unsaturated/α-hetero) is 1. The zero-order chi connectivity index (χ0) is 26.5. The van der Waals surface area contributed by atoms with E-state index in [1.165, 1.54) is 5.57 Å². The number of allylic oxidation sites excluding steroid dienone is 2. The van der Waals surface area contributed by atoms with E-state index >= 15 is 0 Å². The first-order valence-electron chi connectivity index (χ1n) is 13.5. The van der Waals surface area contributed by atoms with Crippen molar-refractivity contribution in [2.45, 2.75) is 97.6 Å². The predicted molar refractivity (Wildman–Crippen MR) is 135 cm³/mol. The molecule has 7 atom stereocenters. The van der Waals surface area contributed by atoms with Crippen molar-refractivity contribution in [1.82, 2.24) is 5.32 Å². The van der Waals surface area contributed by atoms with Gasteiger partial charge in [-0.2, -0.15) is 0 Å². The van der Waals surface area contributed by atoms with Crippen LogP contribution in [0.2, 0.25) is 0 Å². The first kappa shape index (κ1) is 26.8. The highest BCUT2D eigenvalue weighted by molar-refractivity contribution is 5.96. The van der Waals surface area contributed by atoms with E-state index in [2.05, 4.69) is 30.4 Å². The van der Waals surface area contributed by atoms with Crippen molar-refractivity contribution in [1.29, 1.82) is 0 Å². The number of ketones is 1. The van der Waals surface area contributed by atoms with Gasteiger partial charge < -0.3 is 20.4 Å². The van der Waals surface area contributed by atoms with Crippen molar-refractivity contribution in [2.75, 3.05) is 6.61 Å². The van der Waals surface area contributed by atoms with Crippen molar-refractivity contribution in [3.63, 3.8) is 0 Å². The molecule has 3 saturated carbocycles. The number of carboxylic acid groups (broad SMARTS) is 1. The van der Waals surface area contributed by atoms with Crippen molar-refractivity contribution >= 4 is 23.4 Å². The monoisotopic (exact) mass is 502 g/mol. The standard InChI is InChI=1S/C28H42N2O6/c1-16(2)24(25(33)34)29-23(32)15-36-30-19-8-11-26(4)18(14-19)6-7-20-21(26)9-12-27(5)22(20)10-13-28(27,35)17(3)31/h14,16,20-22,24,35H,6-13,15H2,1-5H3,(H,29,32)(H,33,34)/b30-19+/t20?,21?,22?,24?,26-,27-,28-/m0/s1. The van der Waals surface area contributed by atoms with Gasteiger partial charge >= 0.3 is 5.97 Å². The fourth-order valence-corrected chi connectivity index (χ4v) is 8.14. The highest BCUT2D eigenvalue weighted by Crippen LogP contribution is 2.67. The van der Waals surface area contributed by atoms with Crippen LogP contribution in [-0.4, -0.2) is 51.8 Å². The lowest BCUT2D eigenvalue weighted by molar-refractivity contribution is -0.159. The highest BCUT2D eigenvalue weighted by Gasteiger charge is 2.65. The fraction of sp³-hybridized carbons (Fsp3) is 0.786. The van der Waals surface area contributed by atoms with Gasteiger partial charge in [0.1, 0.15) is 11.6 Å². The van der Waals surface area contributed by atoms with Crippen molar-refractivity contribution < 1.29 is 29.4 Å². The highest BCUT2D eigenvalue weighted by atomic mass is 16.6. The number of hydrogen-bond donors (Lipinski definition) is 3. The van der Waals surface area contributed by atoms with Crippen LogP contribution in [0, 0.1) is 34.5 Å². The largest absolute Gasteiger partial charge is 0.480 e. The van der Waals surface area contributed by atoms with Crippen LogP contribution in [-0.2, 0) is 19.2 Å². The molecule has 8 heteroatoms. The molecule has 0 bridgehead atoms. The van der Waals surface area contributed by atoms with Gasteiger partial charge in [-0.15, -0.1) is 0 Å². The first-order chi connectivity index (χ1) is 16.8. The molecule has 3 fully saturated rings. The second-order valence-corrected chi connectivity index (χ2v) is 12.4. The number of fused-ring (bicyclic) bond motifs is 5. The zero-order valence-corrected chi connectivity index (χ0v) is 22.3. The Morgan fingerprint density at radius 1 is 1.11 bits per heavy atom. The normalized spacial score (nSPS) is 39.5. The van der Waals surface area contributed by atoms with Crippen LogP contribution < -0.4 is 5.32 Å². The number of nitrogens with zero attached hydrogens (tertiary/aromatic N) is 1. The Kier molecular flexibility index (Phi) is 7.14. The molecule has 0 heterocycles. The molecule has 8 nitrogen and oxygen atoms in total. The Morgan fingerprint density at radius 3 is 2.44 bits per heavy atom. The number of oxime groups is 1. The van der Waals surface area contributed by atoms with E-state index in [-0.39, 0.29) is 29.1 Å². The van der Waals surface area contributed by atoms with Crippen LogP contribution in [0.25, 0.3) is 0 Å². The van der Waals surface area contributed by atoms with Gasteiger partial charge in [0.15, 0.2) is 12.4 Å². The summed E-state index contributed by atoms with van der Waals surface area (Å²) in [6, 6.07) is -0.954. The van der Waals surface area contributed by atoms with Gasteiger partial charge in [-0.3, -0.25) is 9.59 Å². The van der Waals surface area contributed by atoms with Gasteiger partial charge in [-0.25, -0.2) is 4.79 Å². The van der Waals surface area contributed by atoms with Crippen molar-refractivity contribution in [2.24, 2.45) is 39.7 Å². The van der Waals surface area contributed by atoms with E-state index in [0.29, 0.717) is 24.2 Å². The van der Waals surface area contributed by atoms with Gasteiger partial charge in [0.25, 0.3) is 5.91 Å². The fourth-order valence-electron chi connectivity index (χ4n) is 8.14. The van der Waals surface area contributed by atoms with Crippen LogP contribution in [0.15, 0.2) is 16.8 Å². The molecule has 0 aromatic heterocycles. The smallest absolute Gasteiger partial charge is 0.326 e. The van der Waals surface area contributed by atoms with Crippen LogP contribution in [0.1, 0.15) is 86.0 Å². The number of amides is 1. The number of rotatable bonds is 7. The lowest BCUT2D eigenvalue weighted by Gasteiger charge is -2.59. The van der Waals surface area contributed by atoms with Crippen molar-refractivity contribution in [3.05, 3.63) is 11.6 Å². The van der Waals surface area contributed by atoms with Crippen LogP contribution in [0.3, 0.4) is 0 Å². The van der Waals surface area contributed by atoms with E-state index in [1.807, 2.05) is 0 Å². The molecule has 4 aliphatic rings. The minimum atomic E-state index is -1.19. The lowest BCUT2D eigenvalue weighted by Crippen LogP contribution is -2.57. The number of hydrogen-bond acceptors (Lipinski definition) is 6. The summed E-state index contributed by atoms with van der Waals surface area (Å²) in [5, 5.41) is 27.2.